The Bertz CT molecular complexity index is 764. The summed E-state index contributed by atoms with van der Waals surface area (Å²) >= 11 is 0. The van der Waals surface area contributed by atoms with E-state index in [2.05, 4.69) is 0 Å². The van der Waals surface area contributed by atoms with Gasteiger partial charge in [0.1, 0.15) is 12.0 Å². The van der Waals surface area contributed by atoms with E-state index < -0.39 is 0 Å². The SMILES string of the molecule is CC(=O)c1ccc(OC(=O)[C@@H]2CCCN(C(=O)c3ccoc3)C2)cc1. The zero-order chi connectivity index (χ0) is 17.8. The molecule has 0 aliphatic carbocycles. The van der Waals surface area contributed by atoms with Crippen LogP contribution < -0.4 is 4.74 Å². The van der Waals surface area contributed by atoms with Crippen molar-refractivity contribution in [3.63, 3.8) is 0 Å². The van der Waals surface area contributed by atoms with E-state index >= 15 is 0 Å². The highest BCUT2D eigenvalue weighted by Crippen LogP contribution is 2.22. The predicted octanol–water partition coefficient (Wildman–Crippen LogP) is 2.94. The maximum atomic E-state index is 12.4. The van der Waals surface area contributed by atoms with Crippen molar-refractivity contribution in [2.45, 2.75) is 19.8 Å². The number of benzene rings is 1. The number of hydrogen-bond donors (Lipinski definition) is 0. The smallest absolute Gasteiger partial charge is 0.316 e. The van der Waals surface area contributed by atoms with Gasteiger partial charge in [-0.15, -0.1) is 0 Å². The molecule has 2 heterocycles. The van der Waals surface area contributed by atoms with Crippen LogP contribution in [0.15, 0.2) is 47.3 Å². The average Bonchev–Trinajstić information content (AvgIpc) is 3.16. The van der Waals surface area contributed by atoms with Gasteiger partial charge in [0, 0.05) is 18.7 Å². The van der Waals surface area contributed by atoms with Gasteiger partial charge in [-0.1, -0.05) is 0 Å². The fourth-order valence-corrected chi connectivity index (χ4v) is 2.88. The van der Waals surface area contributed by atoms with Gasteiger partial charge in [-0.25, -0.2) is 0 Å². The van der Waals surface area contributed by atoms with E-state index in [0.717, 1.165) is 6.42 Å². The first-order valence-corrected chi connectivity index (χ1v) is 8.19. The lowest BCUT2D eigenvalue weighted by Crippen LogP contribution is -2.43. The molecular formula is C19H19NO5. The Morgan fingerprint density at radius 2 is 1.88 bits per heavy atom. The Kier molecular flexibility index (Phi) is 4.97. The molecule has 1 aliphatic heterocycles. The fraction of sp³-hybridized carbons (Fsp3) is 0.316. The highest BCUT2D eigenvalue weighted by atomic mass is 16.5. The number of carbonyl (C=O) groups excluding carboxylic acids is 3. The molecule has 1 atom stereocenters. The van der Waals surface area contributed by atoms with Gasteiger partial charge in [0.05, 0.1) is 17.7 Å². The number of ether oxygens (including phenoxy) is 1. The minimum Gasteiger partial charge on any atom is -0.472 e. The zero-order valence-electron chi connectivity index (χ0n) is 13.9. The van der Waals surface area contributed by atoms with Gasteiger partial charge in [0.2, 0.25) is 0 Å². The Labute approximate surface area is 145 Å². The predicted molar refractivity (Wildman–Crippen MR) is 89.4 cm³/mol. The van der Waals surface area contributed by atoms with E-state index in [1.165, 1.54) is 19.5 Å². The Hall–Kier alpha value is -2.89. The standard InChI is InChI=1S/C19H19NO5/c1-13(21)14-4-6-17(7-5-14)25-19(23)15-3-2-9-20(11-15)18(22)16-8-10-24-12-16/h4-8,10,12,15H,2-3,9,11H2,1H3/t15-/m1/s1. The van der Waals surface area contributed by atoms with Crippen molar-refractivity contribution in [1.29, 1.82) is 0 Å². The fourth-order valence-electron chi connectivity index (χ4n) is 2.88. The van der Waals surface area contributed by atoms with Crippen molar-refractivity contribution in [1.82, 2.24) is 4.90 Å². The van der Waals surface area contributed by atoms with Crippen molar-refractivity contribution < 1.29 is 23.5 Å². The molecule has 1 saturated heterocycles. The average molecular weight is 341 g/mol. The van der Waals surface area contributed by atoms with Crippen LogP contribution in [0.5, 0.6) is 5.75 Å². The van der Waals surface area contributed by atoms with E-state index in [1.54, 1.807) is 35.2 Å². The van der Waals surface area contributed by atoms with Gasteiger partial charge in [-0.05, 0) is 50.1 Å². The zero-order valence-corrected chi connectivity index (χ0v) is 13.9. The number of piperidine rings is 1. The first-order valence-electron chi connectivity index (χ1n) is 8.19. The second-order valence-electron chi connectivity index (χ2n) is 6.10. The number of Topliss-reactive ketones (excluding diaryl/α,β-unsaturated/α-hetero) is 1. The van der Waals surface area contributed by atoms with E-state index in [-0.39, 0.29) is 23.6 Å². The van der Waals surface area contributed by atoms with Crippen molar-refractivity contribution in [3.05, 3.63) is 54.0 Å². The number of hydrogen-bond acceptors (Lipinski definition) is 5. The summed E-state index contributed by atoms with van der Waals surface area (Å²) < 4.78 is 10.3. The van der Waals surface area contributed by atoms with Crippen molar-refractivity contribution in [2.24, 2.45) is 5.92 Å². The summed E-state index contributed by atoms with van der Waals surface area (Å²) in [5, 5.41) is 0. The first kappa shape index (κ1) is 17.0. The van der Waals surface area contributed by atoms with Crippen LogP contribution in [0.1, 0.15) is 40.5 Å². The summed E-state index contributed by atoms with van der Waals surface area (Å²) in [6.45, 7) is 2.42. The highest BCUT2D eigenvalue weighted by molar-refractivity contribution is 5.94. The number of likely N-dealkylation sites (tertiary alicyclic amines) is 1. The van der Waals surface area contributed by atoms with Crippen LogP contribution in [0.3, 0.4) is 0 Å². The molecule has 0 bridgehead atoms. The first-order chi connectivity index (χ1) is 12.0. The number of rotatable bonds is 4. The van der Waals surface area contributed by atoms with Gasteiger partial charge in [-0.3, -0.25) is 14.4 Å². The molecule has 0 radical (unpaired) electrons. The quantitative estimate of drug-likeness (QED) is 0.485. The Morgan fingerprint density at radius 1 is 1.12 bits per heavy atom. The van der Waals surface area contributed by atoms with Gasteiger partial charge < -0.3 is 14.1 Å². The molecule has 1 aromatic heterocycles. The Balaban J connectivity index is 1.61. The second kappa shape index (κ2) is 7.34. The van der Waals surface area contributed by atoms with Gasteiger partial charge in [-0.2, -0.15) is 0 Å². The minimum absolute atomic E-state index is 0.0430. The van der Waals surface area contributed by atoms with Crippen LogP contribution in [0.2, 0.25) is 0 Å². The summed E-state index contributed by atoms with van der Waals surface area (Å²) in [5.41, 5.74) is 1.04. The topological polar surface area (TPSA) is 76.8 Å². The van der Waals surface area contributed by atoms with E-state index in [9.17, 15) is 14.4 Å². The van der Waals surface area contributed by atoms with Crippen molar-refractivity contribution in [2.75, 3.05) is 13.1 Å². The monoisotopic (exact) mass is 341 g/mol. The van der Waals surface area contributed by atoms with Crippen LogP contribution in [-0.2, 0) is 4.79 Å². The molecule has 25 heavy (non-hydrogen) atoms. The lowest BCUT2D eigenvalue weighted by molar-refractivity contribution is -0.140. The summed E-state index contributed by atoms with van der Waals surface area (Å²) in [5.74, 6) is -0.513. The molecule has 3 rings (SSSR count). The third kappa shape index (κ3) is 3.96. The number of esters is 1. The van der Waals surface area contributed by atoms with Gasteiger partial charge >= 0.3 is 5.97 Å². The van der Waals surface area contributed by atoms with Crippen LogP contribution in [0.25, 0.3) is 0 Å². The molecule has 2 aromatic rings. The van der Waals surface area contributed by atoms with Gasteiger partial charge in [0.25, 0.3) is 5.91 Å². The Morgan fingerprint density at radius 3 is 2.52 bits per heavy atom. The van der Waals surface area contributed by atoms with Crippen LogP contribution in [0.4, 0.5) is 0 Å². The molecular weight excluding hydrogens is 322 g/mol. The molecule has 0 N–H and O–H groups in total. The maximum absolute atomic E-state index is 12.4. The van der Waals surface area contributed by atoms with E-state index in [1.807, 2.05) is 0 Å². The lowest BCUT2D eigenvalue weighted by atomic mass is 9.97. The maximum Gasteiger partial charge on any atom is 0.316 e. The minimum atomic E-state index is -0.364. The lowest BCUT2D eigenvalue weighted by Gasteiger charge is -2.31. The number of furan rings is 1. The largest absolute Gasteiger partial charge is 0.472 e. The van der Waals surface area contributed by atoms with E-state index in [0.29, 0.717) is 36.4 Å². The molecule has 1 amide bonds. The molecule has 6 nitrogen and oxygen atoms in total. The molecule has 1 aliphatic rings. The van der Waals surface area contributed by atoms with Gasteiger partial charge in [0.15, 0.2) is 5.78 Å². The van der Waals surface area contributed by atoms with Crippen LogP contribution in [0, 0.1) is 5.92 Å². The van der Waals surface area contributed by atoms with Crippen LogP contribution >= 0.6 is 0 Å². The molecule has 1 fully saturated rings. The number of carbonyl (C=O) groups is 3. The molecule has 0 saturated carbocycles. The summed E-state index contributed by atoms with van der Waals surface area (Å²) in [4.78, 5) is 37.7. The molecule has 0 spiro atoms. The normalized spacial score (nSPS) is 17.2. The number of nitrogens with zero attached hydrogens (tertiary/aromatic N) is 1. The van der Waals surface area contributed by atoms with E-state index in [4.69, 9.17) is 9.15 Å². The molecule has 6 heteroatoms. The van der Waals surface area contributed by atoms with Crippen molar-refractivity contribution in [3.8, 4) is 5.75 Å². The van der Waals surface area contributed by atoms with Crippen LogP contribution in [-0.4, -0.2) is 35.6 Å². The van der Waals surface area contributed by atoms with Crippen molar-refractivity contribution >= 4 is 17.7 Å². The second-order valence-corrected chi connectivity index (χ2v) is 6.10. The number of amides is 1. The molecule has 130 valence electrons. The summed E-state index contributed by atoms with van der Waals surface area (Å²) in [6, 6.07) is 8.07. The summed E-state index contributed by atoms with van der Waals surface area (Å²) in [7, 11) is 0. The number of ketones is 1. The highest BCUT2D eigenvalue weighted by Gasteiger charge is 2.30. The third-order valence-electron chi connectivity index (χ3n) is 4.29. The molecule has 0 unspecified atom stereocenters. The summed E-state index contributed by atoms with van der Waals surface area (Å²) in [6.07, 6.45) is 4.28. The molecule has 1 aromatic carbocycles. The third-order valence-corrected chi connectivity index (χ3v) is 4.29.